The van der Waals surface area contributed by atoms with Crippen molar-refractivity contribution in [2.75, 3.05) is 4.90 Å². The fraction of sp³-hybridized carbons (Fsp3) is 0.300. The van der Waals surface area contributed by atoms with Gasteiger partial charge in [-0.2, -0.15) is 5.10 Å². The maximum atomic E-state index is 12.8. The molecular formula is C20H20N4O3. The first kappa shape index (κ1) is 17.2. The second-order valence-electron chi connectivity index (χ2n) is 6.86. The van der Waals surface area contributed by atoms with Crippen LogP contribution in [-0.2, 0) is 22.6 Å². The first-order valence-electron chi connectivity index (χ1n) is 8.88. The molecule has 2 amide bonds. The minimum atomic E-state index is -0.328. The molecule has 0 spiro atoms. The van der Waals surface area contributed by atoms with E-state index in [0.29, 0.717) is 18.7 Å². The fourth-order valence-corrected chi connectivity index (χ4v) is 3.47. The van der Waals surface area contributed by atoms with E-state index in [2.05, 4.69) is 10.3 Å². The van der Waals surface area contributed by atoms with Crippen molar-refractivity contribution in [3.8, 4) is 0 Å². The quantitative estimate of drug-likeness (QED) is 0.650. The lowest BCUT2D eigenvalue weighted by molar-refractivity contribution is -0.122. The summed E-state index contributed by atoms with van der Waals surface area (Å²) < 4.78 is 6.86. The number of amides is 2. The lowest BCUT2D eigenvalue weighted by Gasteiger charge is -2.12. The van der Waals surface area contributed by atoms with Crippen LogP contribution in [0.4, 0.5) is 5.69 Å². The van der Waals surface area contributed by atoms with E-state index >= 15 is 0 Å². The second kappa shape index (κ2) is 6.83. The molecule has 138 valence electrons. The number of aryl methyl sites for hydroxylation is 2. The zero-order valence-electron chi connectivity index (χ0n) is 15.3. The van der Waals surface area contributed by atoms with E-state index in [-0.39, 0.29) is 24.2 Å². The Morgan fingerprint density at radius 1 is 1.19 bits per heavy atom. The van der Waals surface area contributed by atoms with Crippen LogP contribution < -0.4 is 4.90 Å². The van der Waals surface area contributed by atoms with Gasteiger partial charge in [0.2, 0.25) is 11.8 Å². The SMILES string of the molecule is Cc1noc(C)c1Cn1cc(N2C(=O)C[C@@H](Cc3ccccc3)C2=O)cn1. The lowest BCUT2D eigenvalue weighted by Crippen LogP contribution is -2.30. The number of anilines is 1. The highest BCUT2D eigenvalue weighted by molar-refractivity contribution is 6.20. The monoisotopic (exact) mass is 364 g/mol. The highest BCUT2D eigenvalue weighted by atomic mass is 16.5. The van der Waals surface area contributed by atoms with E-state index in [1.165, 1.54) is 4.90 Å². The number of hydrogen-bond donors (Lipinski definition) is 0. The van der Waals surface area contributed by atoms with Crippen LogP contribution in [0.1, 0.15) is 29.0 Å². The van der Waals surface area contributed by atoms with Gasteiger partial charge < -0.3 is 4.52 Å². The van der Waals surface area contributed by atoms with Crippen molar-refractivity contribution in [2.45, 2.75) is 33.2 Å². The largest absolute Gasteiger partial charge is 0.361 e. The molecule has 0 saturated carbocycles. The minimum Gasteiger partial charge on any atom is -0.361 e. The molecule has 1 aromatic carbocycles. The molecule has 7 heteroatoms. The van der Waals surface area contributed by atoms with Crippen molar-refractivity contribution in [1.29, 1.82) is 0 Å². The van der Waals surface area contributed by atoms with Gasteiger partial charge in [-0.25, -0.2) is 4.90 Å². The van der Waals surface area contributed by atoms with Crippen molar-refractivity contribution in [3.05, 3.63) is 65.3 Å². The van der Waals surface area contributed by atoms with Gasteiger partial charge in [-0.3, -0.25) is 14.3 Å². The Bertz CT molecular complexity index is 970. The average Bonchev–Trinajstić information content (AvgIpc) is 3.31. The van der Waals surface area contributed by atoms with Crippen LogP contribution in [0.5, 0.6) is 0 Å². The Hall–Kier alpha value is -3.22. The molecule has 0 aliphatic carbocycles. The Kier molecular flexibility index (Phi) is 4.35. The summed E-state index contributed by atoms with van der Waals surface area (Å²) in [5.74, 6) is 0.0603. The molecule has 0 N–H and O–H groups in total. The third kappa shape index (κ3) is 3.28. The van der Waals surface area contributed by atoms with Crippen LogP contribution in [0, 0.1) is 19.8 Å². The molecule has 1 aliphatic rings. The van der Waals surface area contributed by atoms with Gasteiger partial charge in [-0.15, -0.1) is 0 Å². The van der Waals surface area contributed by atoms with E-state index in [4.69, 9.17) is 4.52 Å². The molecule has 1 fully saturated rings. The first-order valence-corrected chi connectivity index (χ1v) is 8.88. The molecular weight excluding hydrogens is 344 g/mol. The average molecular weight is 364 g/mol. The molecule has 1 aliphatic heterocycles. The van der Waals surface area contributed by atoms with Gasteiger partial charge in [-0.1, -0.05) is 35.5 Å². The lowest BCUT2D eigenvalue weighted by atomic mass is 9.98. The van der Waals surface area contributed by atoms with E-state index in [9.17, 15) is 9.59 Å². The standard InChI is InChI=1S/C20H20N4O3/c1-13-18(14(2)27-22-13)12-23-11-17(10-21-23)24-19(25)9-16(20(24)26)8-15-6-4-3-5-7-15/h3-7,10-11,16H,8-9,12H2,1-2H3/t16-/m1/s1. The predicted octanol–water partition coefficient (Wildman–Crippen LogP) is 2.66. The second-order valence-corrected chi connectivity index (χ2v) is 6.86. The molecule has 3 heterocycles. The van der Waals surface area contributed by atoms with Crippen molar-refractivity contribution < 1.29 is 14.1 Å². The normalized spacial score (nSPS) is 17.1. The summed E-state index contributed by atoms with van der Waals surface area (Å²) in [5, 5.41) is 8.23. The summed E-state index contributed by atoms with van der Waals surface area (Å²) in [4.78, 5) is 26.5. The zero-order valence-corrected chi connectivity index (χ0v) is 15.3. The molecule has 2 aromatic heterocycles. The molecule has 7 nitrogen and oxygen atoms in total. The van der Waals surface area contributed by atoms with Crippen molar-refractivity contribution in [3.63, 3.8) is 0 Å². The maximum Gasteiger partial charge on any atom is 0.237 e. The number of aromatic nitrogens is 3. The van der Waals surface area contributed by atoms with E-state index in [1.807, 2.05) is 44.2 Å². The first-order chi connectivity index (χ1) is 13.0. The summed E-state index contributed by atoms with van der Waals surface area (Å²) in [6, 6.07) is 9.76. The van der Waals surface area contributed by atoms with Crippen molar-refractivity contribution >= 4 is 17.5 Å². The minimum absolute atomic E-state index is 0.166. The van der Waals surface area contributed by atoms with Gasteiger partial charge in [0, 0.05) is 18.2 Å². The number of hydrogen-bond acceptors (Lipinski definition) is 5. The summed E-state index contributed by atoms with van der Waals surface area (Å²) in [6.07, 6.45) is 4.06. The smallest absolute Gasteiger partial charge is 0.237 e. The van der Waals surface area contributed by atoms with E-state index in [1.54, 1.807) is 17.1 Å². The number of rotatable bonds is 5. The molecule has 3 aromatic rings. The van der Waals surface area contributed by atoms with Gasteiger partial charge in [-0.05, 0) is 25.8 Å². The van der Waals surface area contributed by atoms with E-state index in [0.717, 1.165) is 22.6 Å². The summed E-state index contributed by atoms with van der Waals surface area (Å²) in [5.41, 5.74) is 3.32. The van der Waals surface area contributed by atoms with Crippen LogP contribution in [0.25, 0.3) is 0 Å². The predicted molar refractivity (Wildman–Crippen MR) is 98.1 cm³/mol. The van der Waals surface area contributed by atoms with Crippen LogP contribution in [-0.4, -0.2) is 26.8 Å². The molecule has 4 rings (SSSR count). The number of imide groups is 1. The zero-order chi connectivity index (χ0) is 19.0. The Labute approximate surface area is 156 Å². The third-order valence-electron chi connectivity index (χ3n) is 4.94. The molecule has 0 radical (unpaired) electrons. The van der Waals surface area contributed by atoms with Gasteiger partial charge in [0.15, 0.2) is 0 Å². The van der Waals surface area contributed by atoms with Crippen LogP contribution >= 0.6 is 0 Å². The van der Waals surface area contributed by atoms with Gasteiger partial charge in [0.05, 0.1) is 30.0 Å². The number of carbonyl (C=O) groups excluding carboxylic acids is 2. The summed E-state index contributed by atoms with van der Waals surface area (Å²) in [6.45, 7) is 4.20. The van der Waals surface area contributed by atoms with Crippen LogP contribution in [0.2, 0.25) is 0 Å². The topological polar surface area (TPSA) is 81.2 Å². The Balaban J connectivity index is 1.51. The van der Waals surface area contributed by atoms with Crippen LogP contribution in [0.3, 0.4) is 0 Å². The molecule has 0 unspecified atom stereocenters. The number of benzene rings is 1. The summed E-state index contributed by atoms with van der Waals surface area (Å²) >= 11 is 0. The van der Waals surface area contributed by atoms with Gasteiger partial charge in [0.1, 0.15) is 5.76 Å². The highest BCUT2D eigenvalue weighted by Gasteiger charge is 2.39. The molecule has 0 bridgehead atoms. The maximum absolute atomic E-state index is 12.8. The Morgan fingerprint density at radius 3 is 2.67 bits per heavy atom. The molecule has 1 saturated heterocycles. The fourth-order valence-electron chi connectivity index (χ4n) is 3.47. The van der Waals surface area contributed by atoms with Crippen molar-refractivity contribution in [1.82, 2.24) is 14.9 Å². The Morgan fingerprint density at radius 2 is 1.96 bits per heavy atom. The number of carbonyl (C=O) groups is 2. The number of nitrogens with zero attached hydrogens (tertiary/aromatic N) is 4. The van der Waals surface area contributed by atoms with Gasteiger partial charge in [0.25, 0.3) is 0 Å². The third-order valence-corrected chi connectivity index (χ3v) is 4.94. The van der Waals surface area contributed by atoms with E-state index < -0.39 is 0 Å². The molecule has 1 atom stereocenters. The summed E-state index contributed by atoms with van der Waals surface area (Å²) in [7, 11) is 0. The highest BCUT2D eigenvalue weighted by Crippen LogP contribution is 2.28. The van der Waals surface area contributed by atoms with Gasteiger partial charge >= 0.3 is 0 Å². The molecule has 27 heavy (non-hydrogen) atoms. The van der Waals surface area contributed by atoms with Crippen molar-refractivity contribution in [2.24, 2.45) is 5.92 Å². The van der Waals surface area contributed by atoms with Crippen LogP contribution in [0.15, 0.2) is 47.2 Å².